The van der Waals surface area contributed by atoms with Gasteiger partial charge in [-0.05, 0) is 17.3 Å². The summed E-state index contributed by atoms with van der Waals surface area (Å²) in [7, 11) is 1.43. The Labute approximate surface area is 118 Å². The first-order valence-corrected chi connectivity index (χ1v) is 7.47. The highest BCUT2D eigenvalue weighted by atomic mass is 35.7. The summed E-state index contributed by atoms with van der Waals surface area (Å²) in [6.07, 6.45) is 1.27. The van der Waals surface area contributed by atoms with Gasteiger partial charge in [0.15, 0.2) is 0 Å². The summed E-state index contributed by atoms with van der Waals surface area (Å²) in [4.78, 5) is -0.0941. The Kier molecular flexibility index (Phi) is 3.97. The molecule has 10 heteroatoms. The zero-order chi connectivity index (χ0) is 14.6. The summed E-state index contributed by atoms with van der Waals surface area (Å²) in [5.41, 5.74) is 0.319. The van der Waals surface area contributed by atoms with Crippen molar-refractivity contribution in [3.8, 4) is 6.07 Å². The minimum absolute atomic E-state index is 0.0838. The Balaban J connectivity index is 2.35. The number of aromatic amines is 1. The predicted octanol–water partition coefficient (Wildman–Crippen LogP) is 1.10. The summed E-state index contributed by atoms with van der Waals surface area (Å²) in [5, 5.41) is 24.5. The number of halogens is 1. The van der Waals surface area contributed by atoms with Gasteiger partial charge in [0.25, 0.3) is 9.05 Å². The number of tetrazole rings is 1. The number of nitrogens with zero attached hydrogens (tertiary/aromatic N) is 4. The average Bonchev–Trinajstić information content (AvgIpc) is 2.93. The molecule has 102 valence electrons. The van der Waals surface area contributed by atoms with E-state index in [1.165, 1.54) is 24.4 Å². The van der Waals surface area contributed by atoms with Gasteiger partial charge in [-0.25, -0.2) is 8.42 Å². The SMILES string of the molecule is N#CC(=CNc1ccccc1S(=O)(=O)Cl)c1nn[nH]n1. The van der Waals surface area contributed by atoms with Gasteiger partial charge in [-0.1, -0.05) is 12.1 Å². The Morgan fingerprint density at radius 1 is 1.45 bits per heavy atom. The summed E-state index contributed by atoms with van der Waals surface area (Å²) >= 11 is 0. The van der Waals surface area contributed by atoms with Crippen LogP contribution in [0.1, 0.15) is 5.82 Å². The number of H-pyrrole nitrogens is 1. The maximum atomic E-state index is 11.4. The second-order valence-corrected chi connectivity index (χ2v) is 6.02. The van der Waals surface area contributed by atoms with Crippen LogP contribution in [-0.2, 0) is 9.05 Å². The molecule has 2 rings (SSSR count). The van der Waals surface area contributed by atoms with E-state index in [-0.39, 0.29) is 22.0 Å². The van der Waals surface area contributed by atoms with Gasteiger partial charge in [0.2, 0.25) is 5.82 Å². The van der Waals surface area contributed by atoms with Crippen molar-refractivity contribution >= 4 is 31.0 Å². The van der Waals surface area contributed by atoms with E-state index >= 15 is 0 Å². The van der Waals surface area contributed by atoms with Gasteiger partial charge in [-0.3, -0.25) is 0 Å². The molecule has 0 saturated heterocycles. The third kappa shape index (κ3) is 3.11. The van der Waals surface area contributed by atoms with E-state index in [9.17, 15) is 8.42 Å². The van der Waals surface area contributed by atoms with Crippen LogP contribution in [0.15, 0.2) is 35.4 Å². The number of nitriles is 1. The van der Waals surface area contributed by atoms with E-state index in [2.05, 4.69) is 25.9 Å². The second kappa shape index (κ2) is 5.68. The molecule has 0 bridgehead atoms. The first-order valence-electron chi connectivity index (χ1n) is 5.16. The lowest BCUT2D eigenvalue weighted by atomic mass is 10.3. The van der Waals surface area contributed by atoms with Crippen molar-refractivity contribution in [3.63, 3.8) is 0 Å². The van der Waals surface area contributed by atoms with Crippen LogP contribution in [0.5, 0.6) is 0 Å². The summed E-state index contributed by atoms with van der Waals surface area (Å²) in [6, 6.07) is 7.88. The normalized spacial score (nSPS) is 11.9. The molecule has 0 amide bonds. The van der Waals surface area contributed by atoms with Crippen molar-refractivity contribution in [2.75, 3.05) is 5.32 Å². The Bertz CT molecular complexity index is 778. The maximum absolute atomic E-state index is 11.4. The molecule has 2 N–H and O–H groups in total. The molecule has 1 aromatic heterocycles. The second-order valence-electron chi connectivity index (χ2n) is 3.48. The average molecular weight is 311 g/mol. The van der Waals surface area contributed by atoms with Crippen molar-refractivity contribution in [3.05, 3.63) is 36.3 Å². The zero-order valence-corrected chi connectivity index (χ0v) is 11.4. The highest BCUT2D eigenvalue weighted by Gasteiger charge is 2.14. The summed E-state index contributed by atoms with van der Waals surface area (Å²) in [6.45, 7) is 0. The van der Waals surface area contributed by atoms with Gasteiger partial charge in [0.05, 0.1) is 5.69 Å². The molecule has 0 fully saturated rings. The lowest BCUT2D eigenvalue weighted by molar-refractivity contribution is 0.610. The minimum Gasteiger partial charge on any atom is -0.359 e. The van der Waals surface area contributed by atoms with E-state index in [4.69, 9.17) is 15.9 Å². The number of allylic oxidation sites excluding steroid dienone is 1. The summed E-state index contributed by atoms with van der Waals surface area (Å²) < 4.78 is 22.8. The molecular formula is C10H7ClN6O2S. The Morgan fingerprint density at radius 3 is 2.80 bits per heavy atom. The number of nitrogens with one attached hydrogen (secondary N) is 2. The molecule has 0 aliphatic carbocycles. The predicted molar refractivity (Wildman–Crippen MR) is 70.9 cm³/mol. The van der Waals surface area contributed by atoms with Gasteiger partial charge in [-0.15, -0.1) is 10.2 Å². The van der Waals surface area contributed by atoms with Gasteiger partial charge >= 0.3 is 0 Å². The smallest absolute Gasteiger partial charge is 0.263 e. The van der Waals surface area contributed by atoms with Crippen molar-refractivity contribution < 1.29 is 8.42 Å². The topological polar surface area (TPSA) is 124 Å². The van der Waals surface area contributed by atoms with Crippen LogP contribution in [0.25, 0.3) is 5.57 Å². The Morgan fingerprint density at radius 2 is 2.20 bits per heavy atom. The quantitative estimate of drug-likeness (QED) is 0.640. The first kappa shape index (κ1) is 14.0. The third-order valence-corrected chi connectivity index (χ3v) is 3.61. The monoisotopic (exact) mass is 310 g/mol. The number of para-hydroxylation sites is 1. The number of benzene rings is 1. The fourth-order valence-corrected chi connectivity index (χ4v) is 2.41. The minimum atomic E-state index is -3.89. The van der Waals surface area contributed by atoms with Crippen LogP contribution in [0.2, 0.25) is 0 Å². The van der Waals surface area contributed by atoms with Gasteiger partial charge in [0, 0.05) is 16.9 Å². The number of hydrogen-bond donors (Lipinski definition) is 2. The van der Waals surface area contributed by atoms with Crippen LogP contribution >= 0.6 is 10.7 Å². The standard InChI is InChI=1S/C10H7ClN6O2S/c11-20(18,19)9-4-2-1-3-8(9)13-6-7(5-12)10-14-16-17-15-10/h1-4,6,13H,(H,14,15,16,17). The van der Waals surface area contributed by atoms with Crippen LogP contribution in [0, 0.1) is 11.3 Å². The molecule has 0 radical (unpaired) electrons. The molecule has 0 aliphatic rings. The molecule has 0 unspecified atom stereocenters. The van der Waals surface area contributed by atoms with Crippen LogP contribution in [0.4, 0.5) is 5.69 Å². The lowest BCUT2D eigenvalue weighted by Gasteiger charge is -2.05. The highest BCUT2D eigenvalue weighted by molar-refractivity contribution is 8.13. The van der Waals surface area contributed by atoms with E-state index in [0.717, 1.165) is 0 Å². The molecule has 1 aromatic carbocycles. The lowest BCUT2D eigenvalue weighted by Crippen LogP contribution is -1.99. The molecule has 2 aromatic rings. The fourth-order valence-electron chi connectivity index (χ4n) is 1.37. The van der Waals surface area contributed by atoms with Crippen LogP contribution in [0.3, 0.4) is 0 Å². The van der Waals surface area contributed by atoms with E-state index in [1.54, 1.807) is 6.07 Å². The third-order valence-electron chi connectivity index (χ3n) is 2.23. The van der Waals surface area contributed by atoms with Gasteiger partial charge in [-0.2, -0.15) is 10.5 Å². The zero-order valence-electron chi connectivity index (χ0n) is 9.78. The Hall–Kier alpha value is -2.44. The summed E-state index contributed by atoms with van der Waals surface area (Å²) in [5.74, 6) is 0.0891. The number of anilines is 1. The highest BCUT2D eigenvalue weighted by Crippen LogP contribution is 2.24. The molecular weight excluding hydrogens is 304 g/mol. The molecule has 0 spiro atoms. The molecule has 0 saturated carbocycles. The van der Waals surface area contributed by atoms with Crippen molar-refractivity contribution in [2.24, 2.45) is 0 Å². The number of aromatic nitrogens is 4. The largest absolute Gasteiger partial charge is 0.359 e. The molecule has 20 heavy (non-hydrogen) atoms. The van der Waals surface area contributed by atoms with Crippen LogP contribution in [-0.4, -0.2) is 29.0 Å². The van der Waals surface area contributed by atoms with Gasteiger partial charge < -0.3 is 5.32 Å². The van der Waals surface area contributed by atoms with Crippen molar-refractivity contribution in [1.29, 1.82) is 5.26 Å². The van der Waals surface area contributed by atoms with Crippen LogP contribution < -0.4 is 5.32 Å². The van der Waals surface area contributed by atoms with Crippen molar-refractivity contribution in [2.45, 2.75) is 4.90 Å². The maximum Gasteiger partial charge on any atom is 0.263 e. The first-order chi connectivity index (χ1) is 9.52. The van der Waals surface area contributed by atoms with Crippen molar-refractivity contribution in [1.82, 2.24) is 20.6 Å². The van der Waals surface area contributed by atoms with E-state index in [0.29, 0.717) is 0 Å². The molecule has 0 atom stereocenters. The van der Waals surface area contributed by atoms with E-state index < -0.39 is 9.05 Å². The molecule has 8 nitrogen and oxygen atoms in total. The van der Waals surface area contributed by atoms with Gasteiger partial charge in [0.1, 0.15) is 16.5 Å². The molecule has 0 aliphatic heterocycles. The fraction of sp³-hybridized carbons (Fsp3) is 0. The number of hydrogen-bond acceptors (Lipinski definition) is 7. The van der Waals surface area contributed by atoms with E-state index in [1.807, 2.05) is 6.07 Å². The molecule has 1 heterocycles. The number of rotatable bonds is 4.